The van der Waals surface area contributed by atoms with Crippen LogP contribution in [0.1, 0.15) is 20.3 Å². The molecule has 0 saturated carbocycles. The molecule has 1 heterocycles. The van der Waals surface area contributed by atoms with Gasteiger partial charge in [-0.25, -0.2) is 0 Å². The van der Waals surface area contributed by atoms with Crippen LogP contribution >= 0.6 is 0 Å². The predicted octanol–water partition coefficient (Wildman–Crippen LogP) is 2.20. The molecule has 1 aliphatic rings. The van der Waals surface area contributed by atoms with E-state index >= 15 is 0 Å². The molecule has 4 nitrogen and oxygen atoms in total. The lowest BCUT2D eigenvalue weighted by molar-refractivity contribution is 0.145. The molecule has 3 unspecified atom stereocenters. The van der Waals surface area contributed by atoms with Crippen molar-refractivity contribution in [2.45, 2.75) is 32.4 Å². The summed E-state index contributed by atoms with van der Waals surface area (Å²) in [5.41, 5.74) is 1.13. The molecule has 2 rings (SSSR count). The van der Waals surface area contributed by atoms with Crippen LogP contribution in [0.4, 0.5) is 5.69 Å². The Morgan fingerprint density at radius 1 is 1.30 bits per heavy atom. The van der Waals surface area contributed by atoms with E-state index in [4.69, 9.17) is 9.84 Å². The Hall–Kier alpha value is -1.26. The van der Waals surface area contributed by atoms with Crippen molar-refractivity contribution in [1.82, 2.24) is 4.90 Å². The van der Waals surface area contributed by atoms with E-state index in [1.54, 1.807) is 0 Å². The molecule has 20 heavy (non-hydrogen) atoms. The molecular formula is C16H26N2O2. The van der Waals surface area contributed by atoms with Gasteiger partial charge in [-0.2, -0.15) is 0 Å². The van der Waals surface area contributed by atoms with Crippen molar-refractivity contribution in [3.05, 3.63) is 24.3 Å². The molecular weight excluding hydrogens is 252 g/mol. The molecule has 2 N–H and O–H groups in total. The maximum Gasteiger partial charge on any atom is 0.119 e. The molecule has 1 aromatic rings. The number of aliphatic hydroxyl groups is 1. The zero-order chi connectivity index (χ0) is 14.5. The minimum Gasteiger partial charge on any atom is -0.491 e. The van der Waals surface area contributed by atoms with Gasteiger partial charge in [0.15, 0.2) is 0 Å². The maximum atomic E-state index is 8.73. The zero-order valence-electron chi connectivity index (χ0n) is 12.7. The highest BCUT2D eigenvalue weighted by Crippen LogP contribution is 2.25. The number of nitrogens with one attached hydrogen (secondary N) is 1. The van der Waals surface area contributed by atoms with E-state index in [9.17, 15) is 0 Å². The topological polar surface area (TPSA) is 44.7 Å². The van der Waals surface area contributed by atoms with E-state index in [0.29, 0.717) is 24.6 Å². The molecule has 0 aromatic heterocycles. The molecule has 4 heteroatoms. The second kappa shape index (κ2) is 6.95. The van der Waals surface area contributed by atoms with Crippen molar-refractivity contribution in [2.24, 2.45) is 5.92 Å². The summed E-state index contributed by atoms with van der Waals surface area (Å²) in [5.74, 6) is 1.44. The van der Waals surface area contributed by atoms with Crippen LogP contribution in [0.5, 0.6) is 5.75 Å². The van der Waals surface area contributed by atoms with Crippen LogP contribution in [0, 0.1) is 5.92 Å². The molecule has 0 amide bonds. The van der Waals surface area contributed by atoms with Crippen molar-refractivity contribution in [3.63, 3.8) is 0 Å². The minimum absolute atomic E-state index is 0.0466. The quantitative estimate of drug-likeness (QED) is 0.866. The van der Waals surface area contributed by atoms with Gasteiger partial charge >= 0.3 is 0 Å². The Kier molecular flexibility index (Phi) is 5.26. The van der Waals surface area contributed by atoms with Gasteiger partial charge < -0.3 is 20.1 Å². The van der Waals surface area contributed by atoms with E-state index in [1.807, 2.05) is 24.3 Å². The molecule has 0 radical (unpaired) electrons. The summed E-state index contributed by atoms with van der Waals surface area (Å²) >= 11 is 0. The standard InChI is InChI=1S/C16H26N2O2/c1-12-11-18(3)13(2)10-16(12)17-14-4-6-15(7-5-14)20-9-8-19/h4-7,12-13,16-17,19H,8-11H2,1-3H3. The Morgan fingerprint density at radius 3 is 2.65 bits per heavy atom. The van der Waals surface area contributed by atoms with Gasteiger partial charge in [0.25, 0.3) is 0 Å². The second-order valence-electron chi connectivity index (χ2n) is 5.85. The van der Waals surface area contributed by atoms with E-state index in [-0.39, 0.29) is 6.61 Å². The Labute approximate surface area is 121 Å². The number of anilines is 1. The van der Waals surface area contributed by atoms with Gasteiger partial charge in [-0.15, -0.1) is 0 Å². The van der Waals surface area contributed by atoms with E-state index in [0.717, 1.165) is 18.0 Å². The lowest BCUT2D eigenvalue weighted by Gasteiger charge is -2.40. The fourth-order valence-corrected chi connectivity index (χ4v) is 2.77. The number of hydrogen-bond acceptors (Lipinski definition) is 4. The maximum absolute atomic E-state index is 8.73. The number of aliphatic hydroxyl groups excluding tert-OH is 1. The lowest BCUT2D eigenvalue weighted by Crippen LogP contribution is -2.48. The normalized spacial score (nSPS) is 27.3. The monoisotopic (exact) mass is 278 g/mol. The zero-order valence-corrected chi connectivity index (χ0v) is 12.7. The first-order chi connectivity index (χ1) is 9.60. The largest absolute Gasteiger partial charge is 0.491 e. The first-order valence-electron chi connectivity index (χ1n) is 7.40. The van der Waals surface area contributed by atoms with Gasteiger partial charge in [-0.1, -0.05) is 6.92 Å². The number of rotatable bonds is 5. The van der Waals surface area contributed by atoms with Crippen molar-refractivity contribution in [1.29, 1.82) is 0 Å². The highest BCUT2D eigenvalue weighted by atomic mass is 16.5. The summed E-state index contributed by atoms with van der Waals surface area (Å²) < 4.78 is 5.37. The molecule has 0 aliphatic carbocycles. The van der Waals surface area contributed by atoms with E-state index in [1.165, 1.54) is 6.42 Å². The lowest BCUT2D eigenvalue weighted by atomic mass is 9.89. The van der Waals surface area contributed by atoms with Crippen LogP contribution in [-0.2, 0) is 0 Å². The van der Waals surface area contributed by atoms with Gasteiger partial charge in [0.1, 0.15) is 12.4 Å². The number of likely N-dealkylation sites (tertiary alicyclic amines) is 1. The van der Waals surface area contributed by atoms with Gasteiger partial charge in [-0.05, 0) is 50.6 Å². The summed E-state index contributed by atoms with van der Waals surface area (Å²) in [6.45, 7) is 6.11. The van der Waals surface area contributed by atoms with E-state index < -0.39 is 0 Å². The Balaban J connectivity index is 1.92. The van der Waals surface area contributed by atoms with Gasteiger partial charge in [0.05, 0.1) is 6.61 Å². The highest BCUT2D eigenvalue weighted by molar-refractivity contribution is 5.47. The highest BCUT2D eigenvalue weighted by Gasteiger charge is 2.28. The van der Waals surface area contributed by atoms with Crippen LogP contribution in [0.15, 0.2) is 24.3 Å². The van der Waals surface area contributed by atoms with Crippen molar-refractivity contribution in [2.75, 3.05) is 32.1 Å². The van der Waals surface area contributed by atoms with Crippen molar-refractivity contribution >= 4 is 5.69 Å². The molecule has 0 spiro atoms. The number of benzene rings is 1. The van der Waals surface area contributed by atoms with Crippen molar-refractivity contribution < 1.29 is 9.84 Å². The van der Waals surface area contributed by atoms with Crippen molar-refractivity contribution in [3.8, 4) is 5.75 Å². The fourth-order valence-electron chi connectivity index (χ4n) is 2.77. The number of hydrogen-bond donors (Lipinski definition) is 2. The summed E-state index contributed by atoms with van der Waals surface area (Å²) in [7, 11) is 2.20. The molecule has 3 atom stereocenters. The summed E-state index contributed by atoms with van der Waals surface area (Å²) in [5, 5.41) is 12.4. The number of nitrogens with zero attached hydrogens (tertiary/aromatic N) is 1. The van der Waals surface area contributed by atoms with Gasteiger partial charge in [0.2, 0.25) is 0 Å². The van der Waals surface area contributed by atoms with Crippen LogP contribution in [-0.4, -0.2) is 48.9 Å². The molecule has 1 fully saturated rings. The molecule has 1 aromatic carbocycles. The predicted molar refractivity (Wildman–Crippen MR) is 82.3 cm³/mol. The molecule has 112 valence electrons. The van der Waals surface area contributed by atoms with Gasteiger partial charge in [-0.3, -0.25) is 0 Å². The van der Waals surface area contributed by atoms with Crippen LogP contribution < -0.4 is 10.1 Å². The third kappa shape index (κ3) is 3.87. The molecule has 0 bridgehead atoms. The average molecular weight is 278 g/mol. The Morgan fingerprint density at radius 2 is 2.00 bits per heavy atom. The second-order valence-corrected chi connectivity index (χ2v) is 5.85. The third-order valence-corrected chi connectivity index (χ3v) is 4.18. The number of piperidine rings is 1. The molecule has 1 saturated heterocycles. The number of ether oxygens (including phenoxy) is 1. The van der Waals surface area contributed by atoms with Gasteiger partial charge in [0, 0.05) is 24.3 Å². The Bertz CT molecular complexity index is 407. The third-order valence-electron chi connectivity index (χ3n) is 4.18. The average Bonchev–Trinajstić information content (AvgIpc) is 2.44. The van der Waals surface area contributed by atoms with Crippen LogP contribution in [0.3, 0.4) is 0 Å². The first-order valence-corrected chi connectivity index (χ1v) is 7.40. The van der Waals surface area contributed by atoms with Crippen LogP contribution in [0.25, 0.3) is 0 Å². The molecule has 1 aliphatic heterocycles. The smallest absolute Gasteiger partial charge is 0.119 e. The summed E-state index contributed by atoms with van der Waals surface area (Å²) in [6, 6.07) is 9.12. The first kappa shape index (κ1) is 15.1. The fraction of sp³-hybridized carbons (Fsp3) is 0.625. The minimum atomic E-state index is 0.0466. The SMILES string of the molecule is CC1CN(C)C(C)CC1Nc1ccc(OCCO)cc1. The van der Waals surface area contributed by atoms with Crippen LogP contribution in [0.2, 0.25) is 0 Å². The van der Waals surface area contributed by atoms with E-state index in [2.05, 4.69) is 31.1 Å². The summed E-state index contributed by atoms with van der Waals surface area (Å²) in [6.07, 6.45) is 1.17. The summed E-state index contributed by atoms with van der Waals surface area (Å²) in [4.78, 5) is 2.43.